The zero-order valence-electron chi connectivity index (χ0n) is 11.0. The normalized spacial score (nSPS) is 9.89. The van der Waals surface area contributed by atoms with E-state index in [0.29, 0.717) is 10.7 Å². The van der Waals surface area contributed by atoms with Gasteiger partial charge in [0.25, 0.3) is 0 Å². The lowest BCUT2D eigenvalue weighted by atomic mass is 10.1. The summed E-state index contributed by atoms with van der Waals surface area (Å²) >= 11 is 5.18. The van der Waals surface area contributed by atoms with Crippen LogP contribution in [0.3, 0.4) is 0 Å². The lowest BCUT2D eigenvalue weighted by Gasteiger charge is -2.10. The molecule has 0 amide bonds. The van der Waals surface area contributed by atoms with Gasteiger partial charge in [-0.25, -0.2) is 0 Å². The SMILES string of the molecule is CCCCCNC(=S)Nc1ccc(C(C)=O)cc1. The molecule has 0 unspecified atom stereocenters. The van der Waals surface area contributed by atoms with E-state index in [0.717, 1.165) is 18.7 Å². The van der Waals surface area contributed by atoms with Gasteiger partial charge in [-0.05, 0) is 49.8 Å². The molecule has 0 heterocycles. The predicted octanol–water partition coefficient (Wildman–Crippen LogP) is 3.37. The number of ketones is 1. The summed E-state index contributed by atoms with van der Waals surface area (Å²) < 4.78 is 0. The molecule has 0 bridgehead atoms. The van der Waals surface area contributed by atoms with Crippen molar-refractivity contribution in [3.63, 3.8) is 0 Å². The molecule has 0 fully saturated rings. The average Bonchev–Trinajstić information content (AvgIpc) is 2.35. The zero-order chi connectivity index (χ0) is 13.4. The molecule has 4 heteroatoms. The van der Waals surface area contributed by atoms with Crippen LogP contribution >= 0.6 is 12.2 Å². The average molecular weight is 264 g/mol. The number of unbranched alkanes of at least 4 members (excludes halogenated alkanes) is 2. The molecular formula is C14H20N2OS. The number of nitrogens with one attached hydrogen (secondary N) is 2. The Hall–Kier alpha value is -1.42. The van der Waals surface area contributed by atoms with Gasteiger partial charge in [0, 0.05) is 17.8 Å². The van der Waals surface area contributed by atoms with Crippen LogP contribution in [-0.2, 0) is 0 Å². The number of carbonyl (C=O) groups is 1. The Kier molecular flexibility index (Phi) is 6.36. The molecule has 1 rings (SSSR count). The van der Waals surface area contributed by atoms with Crippen LogP contribution in [0.4, 0.5) is 5.69 Å². The standard InChI is InChI=1S/C14H20N2OS/c1-3-4-5-10-15-14(18)16-13-8-6-12(7-9-13)11(2)17/h6-9H,3-5,10H2,1-2H3,(H2,15,16,18). The van der Waals surface area contributed by atoms with Gasteiger partial charge in [0.15, 0.2) is 10.9 Å². The summed E-state index contributed by atoms with van der Waals surface area (Å²) in [7, 11) is 0. The van der Waals surface area contributed by atoms with Crippen molar-refractivity contribution in [2.24, 2.45) is 0 Å². The second kappa shape index (κ2) is 7.82. The maximum atomic E-state index is 11.1. The fraction of sp³-hybridized carbons (Fsp3) is 0.429. The Labute approximate surface area is 114 Å². The second-order valence-corrected chi connectivity index (χ2v) is 4.63. The first-order chi connectivity index (χ1) is 8.63. The number of Topliss-reactive ketones (excluding diaryl/α,β-unsaturated/α-hetero) is 1. The molecule has 0 saturated carbocycles. The van der Waals surface area contributed by atoms with E-state index < -0.39 is 0 Å². The van der Waals surface area contributed by atoms with Crippen LogP contribution in [0.25, 0.3) is 0 Å². The summed E-state index contributed by atoms with van der Waals surface area (Å²) in [6.45, 7) is 4.63. The third-order valence-corrected chi connectivity index (χ3v) is 2.86. The Morgan fingerprint density at radius 1 is 1.22 bits per heavy atom. The van der Waals surface area contributed by atoms with Gasteiger partial charge in [-0.15, -0.1) is 0 Å². The lowest BCUT2D eigenvalue weighted by molar-refractivity contribution is 0.101. The van der Waals surface area contributed by atoms with E-state index in [9.17, 15) is 4.79 Å². The smallest absolute Gasteiger partial charge is 0.170 e. The molecule has 0 spiro atoms. The monoisotopic (exact) mass is 264 g/mol. The minimum absolute atomic E-state index is 0.0711. The first-order valence-corrected chi connectivity index (χ1v) is 6.70. The fourth-order valence-corrected chi connectivity index (χ4v) is 1.76. The molecule has 0 aliphatic heterocycles. The molecule has 0 aliphatic carbocycles. The molecule has 3 nitrogen and oxygen atoms in total. The quantitative estimate of drug-likeness (QED) is 0.469. The number of rotatable bonds is 6. The van der Waals surface area contributed by atoms with Crippen LogP contribution in [0, 0.1) is 0 Å². The van der Waals surface area contributed by atoms with Gasteiger partial charge < -0.3 is 10.6 Å². The minimum Gasteiger partial charge on any atom is -0.362 e. The van der Waals surface area contributed by atoms with Crippen LogP contribution < -0.4 is 10.6 Å². The van der Waals surface area contributed by atoms with Crippen LogP contribution in [0.15, 0.2) is 24.3 Å². The maximum absolute atomic E-state index is 11.1. The predicted molar refractivity (Wildman–Crippen MR) is 80.2 cm³/mol. The van der Waals surface area contributed by atoms with Crippen molar-refractivity contribution in [3.8, 4) is 0 Å². The van der Waals surface area contributed by atoms with E-state index in [-0.39, 0.29) is 5.78 Å². The molecule has 18 heavy (non-hydrogen) atoms. The van der Waals surface area contributed by atoms with Gasteiger partial charge >= 0.3 is 0 Å². The van der Waals surface area contributed by atoms with Gasteiger partial charge in [-0.2, -0.15) is 0 Å². The highest BCUT2D eigenvalue weighted by atomic mass is 32.1. The summed E-state index contributed by atoms with van der Waals surface area (Å²) in [6.07, 6.45) is 3.54. The summed E-state index contributed by atoms with van der Waals surface area (Å²) in [5, 5.41) is 6.88. The number of hydrogen-bond donors (Lipinski definition) is 2. The molecule has 0 aliphatic rings. The van der Waals surface area contributed by atoms with Crippen molar-refractivity contribution in [2.45, 2.75) is 33.1 Å². The summed E-state index contributed by atoms with van der Waals surface area (Å²) in [5.41, 5.74) is 1.61. The molecular weight excluding hydrogens is 244 g/mol. The van der Waals surface area contributed by atoms with E-state index >= 15 is 0 Å². The van der Waals surface area contributed by atoms with Crippen LogP contribution in [0.2, 0.25) is 0 Å². The van der Waals surface area contributed by atoms with Crippen LogP contribution in [-0.4, -0.2) is 17.4 Å². The van der Waals surface area contributed by atoms with Gasteiger partial charge in [-0.1, -0.05) is 19.8 Å². The largest absolute Gasteiger partial charge is 0.362 e. The van der Waals surface area contributed by atoms with E-state index in [1.54, 1.807) is 19.1 Å². The maximum Gasteiger partial charge on any atom is 0.170 e. The molecule has 1 aromatic rings. The van der Waals surface area contributed by atoms with Crippen molar-refractivity contribution in [1.82, 2.24) is 5.32 Å². The third kappa shape index (κ3) is 5.27. The Balaban J connectivity index is 2.37. The molecule has 0 aromatic heterocycles. The number of benzene rings is 1. The van der Waals surface area contributed by atoms with E-state index in [1.165, 1.54) is 12.8 Å². The molecule has 0 radical (unpaired) electrons. The topological polar surface area (TPSA) is 41.1 Å². The molecule has 1 aromatic carbocycles. The third-order valence-electron chi connectivity index (χ3n) is 2.62. The highest BCUT2D eigenvalue weighted by Crippen LogP contribution is 2.09. The molecule has 2 N–H and O–H groups in total. The first-order valence-electron chi connectivity index (χ1n) is 6.29. The van der Waals surface area contributed by atoms with Crippen molar-refractivity contribution in [1.29, 1.82) is 0 Å². The zero-order valence-corrected chi connectivity index (χ0v) is 11.8. The van der Waals surface area contributed by atoms with Gasteiger partial charge in [0.2, 0.25) is 0 Å². The fourth-order valence-electron chi connectivity index (χ4n) is 1.54. The van der Waals surface area contributed by atoms with Crippen molar-refractivity contribution in [2.75, 3.05) is 11.9 Å². The Bertz CT molecular complexity index is 401. The van der Waals surface area contributed by atoms with E-state index in [2.05, 4.69) is 17.6 Å². The van der Waals surface area contributed by atoms with Crippen LogP contribution in [0.1, 0.15) is 43.5 Å². The summed E-state index contributed by atoms with van der Waals surface area (Å²) in [4.78, 5) is 11.1. The molecule has 0 saturated heterocycles. The van der Waals surface area contributed by atoms with Gasteiger partial charge in [0.1, 0.15) is 0 Å². The number of anilines is 1. The van der Waals surface area contributed by atoms with Gasteiger partial charge in [0.05, 0.1) is 0 Å². The minimum atomic E-state index is 0.0711. The molecule has 0 atom stereocenters. The Morgan fingerprint density at radius 3 is 2.44 bits per heavy atom. The van der Waals surface area contributed by atoms with Crippen molar-refractivity contribution < 1.29 is 4.79 Å². The van der Waals surface area contributed by atoms with Gasteiger partial charge in [-0.3, -0.25) is 4.79 Å². The van der Waals surface area contributed by atoms with E-state index in [4.69, 9.17) is 12.2 Å². The highest BCUT2D eigenvalue weighted by molar-refractivity contribution is 7.80. The van der Waals surface area contributed by atoms with Crippen molar-refractivity contribution in [3.05, 3.63) is 29.8 Å². The van der Waals surface area contributed by atoms with E-state index in [1.807, 2.05) is 12.1 Å². The Morgan fingerprint density at radius 2 is 1.89 bits per heavy atom. The summed E-state index contributed by atoms with van der Waals surface area (Å²) in [6, 6.07) is 7.31. The number of carbonyl (C=O) groups excluding carboxylic acids is 1. The lowest BCUT2D eigenvalue weighted by Crippen LogP contribution is -2.29. The number of hydrogen-bond acceptors (Lipinski definition) is 2. The summed E-state index contributed by atoms with van der Waals surface area (Å²) in [5.74, 6) is 0.0711. The number of thiocarbonyl (C=S) groups is 1. The van der Waals surface area contributed by atoms with Crippen LogP contribution in [0.5, 0.6) is 0 Å². The highest BCUT2D eigenvalue weighted by Gasteiger charge is 2.00. The molecule has 98 valence electrons. The second-order valence-electron chi connectivity index (χ2n) is 4.22. The van der Waals surface area contributed by atoms with Crippen molar-refractivity contribution >= 4 is 28.8 Å². The first kappa shape index (κ1) is 14.6.